The number of benzene rings is 2. The molecule has 3 N–H and O–H groups in total. The second kappa shape index (κ2) is 8.83. The molecule has 146 valence electrons. The Labute approximate surface area is 173 Å². The Bertz CT molecular complexity index is 999. The first kappa shape index (κ1) is 21.4. The highest BCUT2D eigenvalue weighted by Gasteiger charge is 2.20. The Morgan fingerprint density at radius 3 is 2.50 bits per heavy atom. The molecule has 0 fully saturated rings. The van der Waals surface area contributed by atoms with Crippen LogP contribution >= 0.6 is 35.4 Å². The van der Waals surface area contributed by atoms with Gasteiger partial charge in [0.25, 0.3) is 5.91 Å². The molecule has 1 amide bonds. The van der Waals surface area contributed by atoms with Crippen LogP contribution < -0.4 is 15.4 Å². The van der Waals surface area contributed by atoms with E-state index in [1.807, 2.05) is 0 Å². The quantitative estimate of drug-likeness (QED) is 0.361. The van der Waals surface area contributed by atoms with Gasteiger partial charge in [-0.3, -0.25) is 20.2 Å². The molecular weight excluding hydrogens is 433 g/mol. The van der Waals surface area contributed by atoms with Crippen molar-refractivity contribution >= 4 is 63.8 Å². The van der Waals surface area contributed by atoms with Crippen LogP contribution in [-0.2, 0) is 0 Å². The lowest BCUT2D eigenvalue weighted by atomic mass is 10.1. The Hall–Kier alpha value is -2.95. The molecule has 28 heavy (non-hydrogen) atoms. The molecule has 0 aliphatic heterocycles. The van der Waals surface area contributed by atoms with Gasteiger partial charge in [-0.15, -0.1) is 0 Å². The zero-order valence-electron chi connectivity index (χ0n) is 14.0. The van der Waals surface area contributed by atoms with E-state index >= 15 is 0 Å². The number of anilines is 1. The summed E-state index contributed by atoms with van der Waals surface area (Å²) in [5.74, 6) is -2.08. The van der Waals surface area contributed by atoms with Gasteiger partial charge in [-0.25, -0.2) is 4.79 Å². The summed E-state index contributed by atoms with van der Waals surface area (Å²) < 4.78 is 4.87. The monoisotopic (exact) mass is 443 g/mol. The summed E-state index contributed by atoms with van der Waals surface area (Å²) in [4.78, 5) is 34.0. The van der Waals surface area contributed by atoms with Crippen LogP contribution in [0.25, 0.3) is 0 Å². The topological polar surface area (TPSA) is 131 Å². The molecule has 9 nitrogen and oxygen atoms in total. The van der Waals surface area contributed by atoms with Crippen LogP contribution in [0, 0.1) is 10.1 Å². The number of thiocarbonyl (C=S) groups is 1. The highest BCUT2D eigenvalue weighted by molar-refractivity contribution is 7.80. The molecule has 0 unspecified atom stereocenters. The number of halogens is 2. The predicted octanol–water partition coefficient (Wildman–Crippen LogP) is 3.74. The fourth-order valence-electron chi connectivity index (χ4n) is 2.16. The number of nitro benzene ring substituents is 1. The van der Waals surface area contributed by atoms with Crippen LogP contribution in [0.2, 0.25) is 10.0 Å². The summed E-state index contributed by atoms with van der Waals surface area (Å²) in [7, 11) is 1.26. The van der Waals surface area contributed by atoms with Gasteiger partial charge in [0.1, 0.15) is 0 Å². The van der Waals surface area contributed by atoms with Gasteiger partial charge in [0.05, 0.1) is 28.3 Å². The van der Waals surface area contributed by atoms with Gasteiger partial charge in [-0.05, 0) is 36.5 Å². The van der Waals surface area contributed by atoms with Crippen LogP contribution in [0.15, 0.2) is 30.3 Å². The lowest BCUT2D eigenvalue weighted by Crippen LogP contribution is -2.34. The number of rotatable bonds is 5. The molecule has 2 rings (SSSR count). The Balaban J connectivity index is 2.23. The molecule has 0 radical (unpaired) electrons. The minimum absolute atomic E-state index is 0.0127. The number of nitrogens with one attached hydrogen (secondary N) is 2. The second-order valence-corrected chi connectivity index (χ2v) is 6.42. The van der Waals surface area contributed by atoms with Crippen molar-refractivity contribution < 1.29 is 24.4 Å². The summed E-state index contributed by atoms with van der Waals surface area (Å²) in [5, 5.41) is 24.9. The fraction of sp³-hybridized carbons (Fsp3) is 0.0625. The van der Waals surface area contributed by atoms with E-state index in [1.54, 1.807) is 0 Å². The number of carbonyl (C=O) groups is 2. The van der Waals surface area contributed by atoms with Crippen molar-refractivity contribution in [3.8, 4) is 5.75 Å². The Morgan fingerprint density at radius 2 is 1.93 bits per heavy atom. The lowest BCUT2D eigenvalue weighted by Gasteiger charge is -2.14. The number of nitro groups is 1. The zero-order valence-corrected chi connectivity index (χ0v) is 16.3. The molecule has 0 spiro atoms. The fourth-order valence-corrected chi connectivity index (χ4v) is 2.90. The third-order valence-electron chi connectivity index (χ3n) is 3.39. The van der Waals surface area contributed by atoms with Crippen molar-refractivity contribution in [2.75, 3.05) is 12.4 Å². The van der Waals surface area contributed by atoms with Gasteiger partial charge < -0.3 is 15.2 Å². The summed E-state index contributed by atoms with van der Waals surface area (Å²) in [6, 6.07) is 6.06. The van der Waals surface area contributed by atoms with Crippen molar-refractivity contribution in [1.82, 2.24) is 5.32 Å². The SMILES string of the molecule is COc1ccc(C(=O)NC(=S)Nc2c(Cl)cc(Cl)cc2C(=O)O)cc1[N+](=O)[O-]. The van der Waals surface area contributed by atoms with Crippen LogP contribution in [-0.4, -0.2) is 34.1 Å². The maximum absolute atomic E-state index is 12.3. The average molecular weight is 444 g/mol. The van der Waals surface area contributed by atoms with Crippen LogP contribution in [0.1, 0.15) is 20.7 Å². The smallest absolute Gasteiger partial charge is 0.337 e. The van der Waals surface area contributed by atoms with Crippen molar-refractivity contribution in [2.24, 2.45) is 0 Å². The highest BCUT2D eigenvalue weighted by Crippen LogP contribution is 2.30. The zero-order chi connectivity index (χ0) is 21.0. The number of ether oxygens (including phenoxy) is 1. The maximum atomic E-state index is 12.3. The number of carbonyl (C=O) groups excluding carboxylic acids is 1. The highest BCUT2D eigenvalue weighted by atomic mass is 35.5. The minimum Gasteiger partial charge on any atom is -0.490 e. The van der Waals surface area contributed by atoms with E-state index in [9.17, 15) is 24.8 Å². The van der Waals surface area contributed by atoms with E-state index in [4.69, 9.17) is 40.2 Å². The number of hydrogen-bond acceptors (Lipinski definition) is 6. The van der Waals surface area contributed by atoms with Gasteiger partial charge >= 0.3 is 11.7 Å². The summed E-state index contributed by atoms with van der Waals surface area (Å²) >= 11 is 16.8. The molecule has 0 saturated carbocycles. The molecule has 0 aliphatic carbocycles. The van der Waals surface area contributed by atoms with E-state index in [0.29, 0.717) is 0 Å². The van der Waals surface area contributed by atoms with E-state index in [1.165, 1.54) is 25.3 Å². The Kier molecular flexibility index (Phi) is 6.73. The average Bonchev–Trinajstić information content (AvgIpc) is 2.62. The first-order chi connectivity index (χ1) is 13.1. The summed E-state index contributed by atoms with van der Waals surface area (Å²) in [5.41, 5.74) is -0.779. The van der Waals surface area contributed by atoms with Gasteiger partial charge in [-0.1, -0.05) is 23.2 Å². The molecular formula is C16H11Cl2N3O6S. The second-order valence-electron chi connectivity index (χ2n) is 5.17. The van der Waals surface area contributed by atoms with Crippen LogP contribution in [0.5, 0.6) is 5.75 Å². The van der Waals surface area contributed by atoms with Crippen LogP contribution in [0.3, 0.4) is 0 Å². The summed E-state index contributed by atoms with van der Waals surface area (Å²) in [6.07, 6.45) is 0. The standard InChI is InChI=1S/C16H11Cl2N3O6S/c1-27-12-3-2-7(4-11(12)21(25)26)14(22)20-16(28)19-13-9(15(23)24)5-8(17)6-10(13)18/h2-6H,1H3,(H,23,24)(H2,19,20,22,28). The normalized spacial score (nSPS) is 10.1. The molecule has 0 aliphatic rings. The molecule has 0 heterocycles. The van der Waals surface area contributed by atoms with E-state index in [-0.39, 0.29) is 37.7 Å². The summed E-state index contributed by atoms with van der Waals surface area (Å²) in [6.45, 7) is 0. The van der Waals surface area contributed by atoms with Gasteiger partial charge in [0, 0.05) is 16.7 Å². The number of amides is 1. The first-order valence-electron chi connectivity index (χ1n) is 7.31. The van der Waals surface area contributed by atoms with Gasteiger partial charge in [0.2, 0.25) is 0 Å². The lowest BCUT2D eigenvalue weighted by molar-refractivity contribution is -0.385. The number of carboxylic acid groups (broad SMARTS) is 1. The molecule has 2 aromatic carbocycles. The number of hydrogen-bond donors (Lipinski definition) is 3. The Morgan fingerprint density at radius 1 is 1.25 bits per heavy atom. The number of carboxylic acids is 1. The third kappa shape index (κ3) is 4.85. The van der Waals surface area contributed by atoms with E-state index in [2.05, 4.69) is 10.6 Å². The van der Waals surface area contributed by atoms with Crippen molar-refractivity contribution in [1.29, 1.82) is 0 Å². The van der Waals surface area contributed by atoms with Crippen molar-refractivity contribution in [2.45, 2.75) is 0 Å². The minimum atomic E-state index is -1.31. The number of aromatic carboxylic acids is 1. The van der Waals surface area contributed by atoms with Crippen molar-refractivity contribution in [3.63, 3.8) is 0 Å². The van der Waals surface area contributed by atoms with E-state index in [0.717, 1.165) is 12.1 Å². The number of methoxy groups -OCH3 is 1. The molecule has 0 saturated heterocycles. The molecule has 2 aromatic rings. The molecule has 0 aromatic heterocycles. The largest absolute Gasteiger partial charge is 0.490 e. The van der Waals surface area contributed by atoms with Crippen molar-refractivity contribution in [3.05, 3.63) is 61.6 Å². The predicted molar refractivity (Wildman–Crippen MR) is 107 cm³/mol. The van der Waals surface area contributed by atoms with Crippen LogP contribution in [0.4, 0.5) is 11.4 Å². The van der Waals surface area contributed by atoms with Gasteiger partial charge in [0.15, 0.2) is 10.9 Å². The molecule has 0 atom stereocenters. The third-order valence-corrected chi connectivity index (χ3v) is 4.11. The first-order valence-corrected chi connectivity index (χ1v) is 8.47. The number of nitrogens with zero attached hydrogens (tertiary/aromatic N) is 1. The van der Waals surface area contributed by atoms with Gasteiger partial charge in [-0.2, -0.15) is 0 Å². The molecule has 0 bridgehead atoms. The van der Waals surface area contributed by atoms with E-state index < -0.39 is 22.5 Å². The maximum Gasteiger partial charge on any atom is 0.337 e. The molecule has 12 heteroatoms.